The lowest BCUT2D eigenvalue weighted by Crippen LogP contribution is -2.50. The Hall–Kier alpha value is -0.480. The molecule has 4 nitrogen and oxygen atoms in total. The fourth-order valence-corrected chi connectivity index (χ4v) is 1.04. The third-order valence-electron chi connectivity index (χ3n) is 1.82. The van der Waals surface area contributed by atoms with Crippen LogP contribution in [-0.4, -0.2) is 30.8 Å². The first-order chi connectivity index (χ1) is 5.97. The molecule has 0 aromatic rings. The monoisotopic (exact) mass is 222 g/mol. The summed E-state index contributed by atoms with van der Waals surface area (Å²) in [6.45, 7) is 7.28. The number of amides is 1. The normalized spacial score (nSPS) is 20.4. The Morgan fingerprint density at radius 1 is 1.57 bits per heavy atom. The van der Waals surface area contributed by atoms with Crippen molar-refractivity contribution in [3.8, 4) is 0 Å². The van der Waals surface area contributed by atoms with Gasteiger partial charge in [-0.15, -0.1) is 12.4 Å². The first-order valence-corrected chi connectivity index (χ1v) is 4.67. The molecular weight excluding hydrogens is 204 g/mol. The smallest absolute Gasteiger partial charge is 0.407 e. The average Bonchev–Trinajstić information content (AvgIpc) is 1.78. The molecule has 84 valence electrons. The molecular formula is C9H19ClN2O2. The number of hydrogen-bond donors (Lipinski definition) is 2. The molecule has 2 N–H and O–H groups in total. The van der Waals surface area contributed by atoms with Gasteiger partial charge in [-0.05, 0) is 33.7 Å². The molecule has 0 radical (unpaired) electrons. The van der Waals surface area contributed by atoms with E-state index in [4.69, 9.17) is 4.74 Å². The molecule has 1 atom stereocenters. The quantitative estimate of drug-likeness (QED) is 0.741. The number of carbonyl (C=O) groups is 1. The summed E-state index contributed by atoms with van der Waals surface area (Å²) in [7, 11) is 0. The number of halogens is 1. The molecule has 1 aliphatic rings. The summed E-state index contributed by atoms with van der Waals surface area (Å²) in [5, 5.41) is 5.91. The van der Waals surface area contributed by atoms with E-state index < -0.39 is 5.60 Å². The molecule has 0 aliphatic carbocycles. The van der Waals surface area contributed by atoms with Crippen molar-refractivity contribution in [2.45, 2.75) is 38.8 Å². The lowest BCUT2D eigenvalue weighted by Gasteiger charge is -2.28. The van der Waals surface area contributed by atoms with Crippen LogP contribution in [0.2, 0.25) is 0 Å². The van der Waals surface area contributed by atoms with Gasteiger partial charge in [0.25, 0.3) is 0 Å². The van der Waals surface area contributed by atoms with Gasteiger partial charge in [-0.2, -0.15) is 0 Å². The third kappa shape index (κ3) is 5.29. The van der Waals surface area contributed by atoms with Crippen molar-refractivity contribution in [3.05, 3.63) is 0 Å². The van der Waals surface area contributed by atoms with E-state index in [0.717, 1.165) is 13.0 Å². The maximum atomic E-state index is 11.1. The highest BCUT2D eigenvalue weighted by Gasteiger charge is 2.19. The van der Waals surface area contributed by atoms with Crippen LogP contribution in [0.25, 0.3) is 0 Å². The maximum absolute atomic E-state index is 11.1. The second kappa shape index (κ2) is 5.41. The Kier molecular flexibility index (Phi) is 5.23. The summed E-state index contributed by atoms with van der Waals surface area (Å²) in [4.78, 5) is 11.1. The summed E-state index contributed by atoms with van der Waals surface area (Å²) in [6, 6.07) is 0.438. The number of rotatable bonds is 2. The fourth-order valence-electron chi connectivity index (χ4n) is 1.04. The van der Waals surface area contributed by atoms with Crippen LogP contribution in [0.4, 0.5) is 4.79 Å². The number of ether oxygens (including phenoxy) is 1. The lowest BCUT2D eigenvalue weighted by molar-refractivity contribution is 0.0517. The molecule has 0 bridgehead atoms. The molecule has 1 rings (SSSR count). The Bertz CT molecular complexity index is 188. The molecule has 5 heteroatoms. The highest BCUT2D eigenvalue weighted by molar-refractivity contribution is 5.85. The minimum absolute atomic E-state index is 0. The van der Waals surface area contributed by atoms with Crippen molar-refractivity contribution in [1.82, 2.24) is 10.6 Å². The SMILES string of the molecule is CC(C)(C)OC(=O)NC[C@H]1CCN1.Cl. The summed E-state index contributed by atoms with van der Waals surface area (Å²) < 4.78 is 5.08. The largest absolute Gasteiger partial charge is 0.444 e. The second-order valence-electron chi connectivity index (χ2n) is 4.32. The van der Waals surface area contributed by atoms with E-state index >= 15 is 0 Å². The summed E-state index contributed by atoms with van der Waals surface area (Å²) in [5.41, 5.74) is -0.406. The Morgan fingerprint density at radius 3 is 2.50 bits per heavy atom. The van der Waals surface area contributed by atoms with E-state index in [1.807, 2.05) is 20.8 Å². The van der Waals surface area contributed by atoms with Crippen LogP contribution in [0.5, 0.6) is 0 Å². The minimum atomic E-state index is -0.406. The van der Waals surface area contributed by atoms with Gasteiger partial charge in [0.1, 0.15) is 5.60 Å². The Balaban J connectivity index is 0.00000169. The van der Waals surface area contributed by atoms with Crippen molar-refractivity contribution < 1.29 is 9.53 Å². The lowest BCUT2D eigenvalue weighted by atomic mass is 10.1. The second-order valence-corrected chi connectivity index (χ2v) is 4.32. The standard InChI is InChI=1S/C9H18N2O2.ClH/c1-9(2,3)13-8(12)11-6-7-4-5-10-7;/h7,10H,4-6H2,1-3H3,(H,11,12);1H/t7-;/m1./s1. The van der Waals surface area contributed by atoms with E-state index in [1.165, 1.54) is 0 Å². The van der Waals surface area contributed by atoms with Crippen LogP contribution in [-0.2, 0) is 4.74 Å². The van der Waals surface area contributed by atoms with Gasteiger partial charge in [0, 0.05) is 12.6 Å². The van der Waals surface area contributed by atoms with Gasteiger partial charge >= 0.3 is 6.09 Å². The van der Waals surface area contributed by atoms with Gasteiger partial charge in [-0.25, -0.2) is 4.79 Å². The molecule has 0 spiro atoms. The first-order valence-electron chi connectivity index (χ1n) is 4.67. The molecule has 14 heavy (non-hydrogen) atoms. The first kappa shape index (κ1) is 13.5. The number of nitrogens with one attached hydrogen (secondary N) is 2. The van der Waals surface area contributed by atoms with Crippen LogP contribution in [0, 0.1) is 0 Å². The Labute approximate surface area is 91.2 Å². The topological polar surface area (TPSA) is 50.4 Å². The molecule has 0 aromatic carbocycles. The van der Waals surface area contributed by atoms with E-state index in [9.17, 15) is 4.79 Å². The van der Waals surface area contributed by atoms with Crippen LogP contribution < -0.4 is 10.6 Å². The van der Waals surface area contributed by atoms with Crippen LogP contribution in [0.15, 0.2) is 0 Å². The van der Waals surface area contributed by atoms with Crippen LogP contribution >= 0.6 is 12.4 Å². The van der Waals surface area contributed by atoms with Gasteiger partial charge in [-0.3, -0.25) is 0 Å². The van der Waals surface area contributed by atoms with Crippen molar-refractivity contribution in [3.63, 3.8) is 0 Å². The van der Waals surface area contributed by atoms with Gasteiger partial charge < -0.3 is 15.4 Å². The number of alkyl carbamates (subject to hydrolysis) is 1. The predicted octanol–water partition coefficient (Wildman–Crippen LogP) is 1.29. The highest BCUT2D eigenvalue weighted by atomic mass is 35.5. The zero-order valence-corrected chi connectivity index (χ0v) is 9.74. The molecule has 0 unspecified atom stereocenters. The highest BCUT2D eigenvalue weighted by Crippen LogP contribution is 2.06. The van der Waals surface area contributed by atoms with Gasteiger partial charge in [-0.1, -0.05) is 0 Å². The number of carbonyl (C=O) groups excluding carboxylic acids is 1. The van der Waals surface area contributed by atoms with Crippen molar-refractivity contribution in [1.29, 1.82) is 0 Å². The summed E-state index contributed by atoms with van der Waals surface area (Å²) >= 11 is 0. The van der Waals surface area contributed by atoms with Crippen molar-refractivity contribution in [2.75, 3.05) is 13.1 Å². The van der Waals surface area contributed by atoms with Gasteiger partial charge in [0.05, 0.1) is 0 Å². The van der Waals surface area contributed by atoms with Crippen molar-refractivity contribution >= 4 is 18.5 Å². The zero-order chi connectivity index (χ0) is 9.90. The summed E-state index contributed by atoms with van der Waals surface area (Å²) in [5.74, 6) is 0. The van der Waals surface area contributed by atoms with E-state index in [0.29, 0.717) is 12.6 Å². The van der Waals surface area contributed by atoms with Crippen molar-refractivity contribution in [2.24, 2.45) is 0 Å². The maximum Gasteiger partial charge on any atom is 0.407 e. The average molecular weight is 223 g/mol. The fraction of sp³-hybridized carbons (Fsp3) is 0.889. The molecule has 1 amide bonds. The minimum Gasteiger partial charge on any atom is -0.444 e. The molecule has 1 fully saturated rings. The van der Waals surface area contributed by atoms with E-state index in [2.05, 4.69) is 10.6 Å². The molecule has 0 saturated carbocycles. The zero-order valence-electron chi connectivity index (χ0n) is 8.92. The third-order valence-corrected chi connectivity index (χ3v) is 1.82. The molecule has 1 aliphatic heterocycles. The molecule has 1 heterocycles. The summed E-state index contributed by atoms with van der Waals surface area (Å²) in [6.07, 6.45) is 0.802. The number of hydrogen-bond acceptors (Lipinski definition) is 3. The molecule has 1 saturated heterocycles. The van der Waals surface area contributed by atoms with Gasteiger partial charge in [0.15, 0.2) is 0 Å². The van der Waals surface area contributed by atoms with Crippen LogP contribution in [0.3, 0.4) is 0 Å². The molecule has 0 aromatic heterocycles. The predicted molar refractivity (Wildman–Crippen MR) is 57.9 cm³/mol. The van der Waals surface area contributed by atoms with E-state index in [-0.39, 0.29) is 18.5 Å². The van der Waals surface area contributed by atoms with E-state index in [1.54, 1.807) is 0 Å². The Morgan fingerprint density at radius 2 is 2.14 bits per heavy atom. The van der Waals surface area contributed by atoms with Gasteiger partial charge in [0.2, 0.25) is 0 Å². The van der Waals surface area contributed by atoms with Crippen LogP contribution in [0.1, 0.15) is 27.2 Å².